The fourth-order valence-corrected chi connectivity index (χ4v) is 2.74. The Morgan fingerprint density at radius 1 is 1.30 bits per heavy atom. The molecular formula is C14H15BrN2O3. The Labute approximate surface area is 125 Å². The van der Waals surface area contributed by atoms with Crippen LogP contribution in [0.5, 0.6) is 11.5 Å². The molecule has 0 fully saturated rings. The Bertz CT molecular complexity index is 640. The lowest BCUT2D eigenvalue weighted by molar-refractivity contribution is 0.171. The van der Waals surface area contributed by atoms with Crippen LogP contribution in [0.15, 0.2) is 22.8 Å². The van der Waals surface area contributed by atoms with E-state index in [0.29, 0.717) is 19.6 Å². The molecule has 1 aliphatic heterocycles. The SMILES string of the molecule is Cn1c(CCO)nc(-c2ccc3c(c2)OCCO3)c1Br. The van der Waals surface area contributed by atoms with Crippen molar-refractivity contribution < 1.29 is 14.6 Å². The van der Waals surface area contributed by atoms with Crippen LogP contribution in [0.3, 0.4) is 0 Å². The van der Waals surface area contributed by atoms with Gasteiger partial charge in [0.25, 0.3) is 0 Å². The summed E-state index contributed by atoms with van der Waals surface area (Å²) < 4.78 is 13.9. The van der Waals surface area contributed by atoms with Crippen LogP contribution in [0.2, 0.25) is 0 Å². The van der Waals surface area contributed by atoms with Crippen molar-refractivity contribution in [2.45, 2.75) is 6.42 Å². The second-order valence-electron chi connectivity index (χ2n) is 4.56. The van der Waals surface area contributed by atoms with Crippen LogP contribution in [0.1, 0.15) is 5.82 Å². The number of imidazole rings is 1. The van der Waals surface area contributed by atoms with Gasteiger partial charge in [0.1, 0.15) is 29.3 Å². The van der Waals surface area contributed by atoms with Gasteiger partial charge < -0.3 is 19.1 Å². The highest BCUT2D eigenvalue weighted by atomic mass is 79.9. The minimum Gasteiger partial charge on any atom is -0.486 e. The first-order valence-corrected chi connectivity index (χ1v) is 7.22. The van der Waals surface area contributed by atoms with Crippen molar-refractivity contribution in [1.29, 1.82) is 0 Å². The lowest BCUT2D eigenvalue weighted by Gasteiger charge is -2.18. The van der Waals surface area contributed by atoms with Gasteiger partial charge in [-0.25, -0.2) is 4.98 Å². The highest BCUT2D eigenvalue weighted by molar-refractivity contribution is 9.10. The van der Waals surface area contributed by atoms with Crippen LogP contribution in [0, 0.1) is 0 Å². The summed E-state index contributed by atoms with van der Waals surface area (Å²) in [6, 6.07) is 5.80. The number of aliphatic hydroxyl groups excluding tert-OH is 1. The molecule has 0 saturated carbocycles. The van der Waals surface area contributed by atoms with Crippen molar-refractivity contribution >= 4 is 15.9 Å². The third-order valence-corrected chi connectivity index (χ3v) is 4.18. The lowest BCUT2D eigenvalue weighted by Crippen LogP contribution is -2.15. The molecule has 20 heavy (non-hydrogen) atoms. The number of ether oxygens (including phenoxy) is 2. The molecule has 0 unspecified atom stereocenters. The third-order valence-electron chi connectivity index (χ3n) is 3.27. The van der Waals surface area contributed by atoms with E-state index in [4.69, 9.17) is 14.6 Å². The minimum absolute atomic E-state index is 0.0812. The summed E-state index contributed by atoms with van der Waals surface area (Å²) in [6.45, 7) is 1.23. The standard InChI is InChI=1S/C14H15BrN2O3/c1-17-12(4-5-18)16-13(14(17)15)9-2-3-10-11(8-9)20-7-6-19-10/h2-3,8,18H,4-7H2,1H3. The van der Waals surface area contributed by atoms with Crippen LogP contribution < -0.4 is 9.47 Å². The Kier molecular flexibility index (Phi) is 3.67. The monoisotopic (exact) mass is 338 g/mol. The summed E-state index contributed by atoms with van der Waals surface area (Å²) in [5.41, 5.74) is 1.80. The smallest absolute Gasteiger partial charge is 0.162 e. The maximum absolute atomic E-state index is 9.07. The molecule has 1 aliphatic rings. The maximum atomic E-state index is 9.07. The summed E-state index contributed by atoms with van der Waals surface area (Å²) in [5.74, 6) is 2.35. The largest absolute Gasteiger partial charge is 0.486 e. The molecule has 1 aromatic carbocycles. The lowest BCUT2D eigenvalue weighted by atomic mass is 10.1. The van der Waals surface area contributed by atoms with Gasteiger partial charge in [0.15, 0.2) is 11.5 Å². The van der Waals surface area contributed by atoms with E-state index >= 15 is 0 Å². The van der Waals surface area contributed by atoms with E-state index in [2.05, 4.69) is 20.9 Å². The molecule has 6 heteroatoms. The summed E-state index contributed by atoms with van der Waals surface area (Å²) in [6.07, 6.45) is 0.527. The maximum Gasteiger partial charge on any atom is 0.162 e. The molecular weight excluding hydrogens is 324 g/mol. The number of rotatable bonds is 3. The number of hydrogen-bond acceptors (Lipinski definition) is 4. The summed E-state index contributed by atoms with van der Waals surface area (Å²) in [5, 5.41) is 9.07. The molecule has 0 spiro atoms. The van der Waals surface area contributed by atoms with Crippen molar-refractivity contribution in [3.05, 3.63) is 28.6 Å². The highest BCUT2D eigenvalue weighted by Gasteiger charge is 2.17. The number of halogens is 1. The van der Waals surface area contributed by atoms with Crippen molar-refractivity contribution in [3.8, 4) is 22.8 Å². The number of nitrogens with zero attached hydrogens (tertiary/aromatic N) is 2. The Morgan fingerprint density at radius 3 is 2.80 bits per heavy atom. The van der Waals surface area contributed by atoms with E-state index in [1.165, 1.54) is 0 Å². The van der Waals surface area contributed by atoms with Crippen molar-refractivity contribution in [1.82, 2.24) is 9.55 Å². The highest BCUT2D eigenvalue weighted by Crippen LogP contribution is 2.36. The van der Waals surface area contributed by atoms with Gasteiger partial charge in [-0.1, -0.05) is 0 Å². The zero-order chi connectivity index (χ0) is 14.1. The normalized spacial score (nSPS) is 13.6. The van der Waals surface area contributed by atoms with Gasteiger partial charge in [-0.15, -0.1) is 0 Å². The van der Waals surface area contributed by atoms with Gasteiger partial charge >= 0.3 is 0 Å². The van der Waals surface area contributed by atoms with Gasteiger partial charge in [0.05, 0.1) is 6.61 Å². The minimum atomic E-state index is 0.0812. The fourth-order valence-electron chi connectivity index (χ4n) is 2.22. The first-order valence-electron chi connectivity index (χ1n) is 6.42. The van der Waals surface area contributed by atoms with E-state index in [9.17, 15) is 0 Å². The van der Waals surface area contributed by atoms with Crippen molar-refractivity contribution in [2.75, 3.05) is 19.8 Å². The number of aromatic nitrogens is 2. The molecule has 2 aromatic rings. The zero-order valence-electron chi connectivity index (χ0n) is 11.1. The molecule has 2 heterocycles. The molecule has 106 valence electrons. The van der Waals surface area contributed by atoms with E-state index < -0.39 is 0 Å². The van der Waals surface area contributed by atoms with E-state index in [-0.39, 0.29) is 6.61 Å². The Balaban J connectivity index is 2.02. The van der Waals surface area contributed by atoms with E-state index in [0.717, 1.165) is 33.2 Å². The molecule has 0 amide bonds. The molecule has 3 rings (SSSR count). The average Bonchev–Trinajstić information content (AvgIpc) is 2.76. The van der Waals surface area contributed by atoms with Crippen molar-refractivity contribution in [3.63, 3.8) is 0 Å². The van der Waals surface area contributed by atoms with Gasteiger partial charge in [-0.05, 0) is 34.1 Å². The number of hydrogen-bond donors (Lipinski definition) is 1. The summed E-state index contributed by atoms with van der Waals surface area (Å²) in [4.78, 5) is 4.58. The van der Waals surface area contributed by atoms with Crippen LogP contribution in [0.25, 0.3) is 11.3 Å². The fraction of sp³-hybridized carbons (Fsp3) is 0.357. The van der Waals surface area contributed by atoms with Crippen LogP contribution in [-0.2, 0) is 13.5 Å². The number of benzene rings is 1. The number of aliphatic hydroxyl groups is 1. The Morgan fingerprint density at radius 2 is 2.05 bits per heavy atom. The van der Waals surface area contributed by atoms with Gasteiger partial charge in [0, 0.05) is 19.0 Å². The van der Waals surface area contributed by atoms with Gasteiger partial charge in [0.2, 0.25) is 0 Å². The predicted molar refractivity (Wildman–Crippen MR) is 78.1 cm³/mol. The molecule has 1 aromatic heterocycles. The molecule has 1 N–H and O–H groups in total. The Hall–Kier alpha value is -1.53. The first kappa shape index (κ1) is 13.5. The molecule has 0 radical (unpaired) electrons. The second-order valence-corrected chi connectivity index (χ2v) is 5.31. The topological polar surface area (TPSA) is 56.5 Å². The predicted octanol–water partition coefficient (Wildman–Crippen LogP) is 2.16. The second kappa shape index (κ2) is 5.46. The molecule has 0 saturated heterocycles. The van der Waals surface area contributed by atoms with Crippen LogP contribution in [-0.4, -0.2) is 34.5 Å². The molecule has 5 nitrogen and oxygen atoms in total. The van der Waals surface area contributed by atoms with Gasteiger partial charge in [-0.3, -0.25) is 0 Å². The molecule has 0 bridgehead atoms. The van der Waals surface area contributed by atoms with Crippen LogP contribution >= 0.6 is 15.9 Å². The van der Waals surface area contributed by atoms with Crippen LogP contribution in [0.4, 0.5) is 0 Å². The van der Waals surface area contributed by atoms with Crippen molar-refractivity contribution in [2.24, 2.45) is 7.05 Å². The summed E-state index contributed by atoms with van der Waals surface area (Å²) in [7, 11) is 1.92. The van der Waals surface area contributed by atoms with E-state index in [1.54, 1.807) is 0 Å². The molecule has 0 atom stereocenters. The molecule has 0 aliphatic carbocycles. The number of fused-ring (bicyclic) bond motifs is 1. The average molecular weight is 339 g/mol. The van der Waals surface area contributed by atoms with Gasteiger partial charge in [-0.2, -0.15) is 0 Å². The zero-order valence-corrected chi connectivity index (χ0v) is 12.7. The third kappa shape index (κ3) is 2.29. The summed E-state index contributed by atoms with van der Waals surface area (Å²) >= 11 is 3.55. The quantitative estimate of drug-likeness (QED) is 0.931. The van der Waals surface area contributed by atoms with E-state index in [1.807, 2.05) is 29.8 Å². The first-order chi connectivity index (χ1) is 9.70.